The molecule has 0 spiro atoms. The first kappa shape index (κ1) is 21.3. The van der Waals surface area contributed by atoms with Crippen molar-refractivity contribution in [1.29, 1.82) is 0 Å². The van der Waals surface area contributed by atoms with Crippen LogP contribution in [0.15, 0.2) is 41.3 Å². The molecule has 2 aromatic carbocycles. The van der Waals surface area contributed by atoms with Crippen LogP contribution in [0.1, 0.15) is 28.8 Å². The van der Waals surface area contributed by atoms with Crippen LogP contribution in [-0.2, 0) is 11.3 Å². The molecule has 6 nitrogen and oxygen atoms in total. The van der Waals surface area contributed by atoms with Gasteiger partial charge in [0.05, 0.1) is 33.0 Å². The van der Waals surface area contributed by atoms with E-state index in [4.69, 9.17) is 18.9 Å². The Morgan fingerprint density at radius 2 is 1.86 bits per heavy atom. The molecule has 1 atom stereocenters. The van der Waals surface area contributed by atoms with Gasteiger partial charge in [-0.05, 0) is 42.7 Å². The number of hydrogen-bond donors (Lipinski definition) is 1. The number of nitrogens with one attached hydrogen (secondary N) is 1. The van der Waals surface area contributed by atoms with Gasteiger partial charge in [-0.15, -0.1) is 11.8 Å². The zero-order valence-electron chi connectivity index (χ0n) is 17.0. The van der Waals surface area contributed by atoms with Crippen LogP contribution in [0.25, 0.3) is 0 Å². The quantitative estimate of drug-likeness (QED) is 0.624. The Labute approximate surface area is 175 Å². The second-order valence-corrected chi connectivity index (χ2v) is 7.72. The Balaban J connectivity index is 1.68. The van der Waals surface area contributed by atoms with E-state index in [1.807, 2.05) is 36.4 Å². The number of carbonyl (C=O) groups excluding carboxylic acids is 1. The summed E-state index contributed by atoms with van der Waals surface area (Å²) in [4.78, 5) is 13.8. The molecule has 1 aliphatic heterocycles. The summed E-state index contributed by atoms with van der Waals surface area (Å²) in [6.45, 7) is 1.18. The molecule has 2 aromatic rings. The Hall–Kier alpha value is -2.38. The highest BCUT2D eigenvalue weighted by atomic mass is 32.2. The molecular weight excluding hydrogens is 390 g/mol. The summed E-state index contributed by atoms with van der Waals surface area (Å²) >= 11 is 1.67. The van der Waals surface area contributed by atoms with Crippen LogP contribution < -0.4 is 19.5 Å². The second-order valence-electron chi connectivity index (χ2n) is 6.66. The number of thioether (sulfide) groups is 1. The minimum absolute atomic E-state index is 0.116. The average Bonchev–Trinajstić information content (AvgIpc) is 3.29. The van der Waals surface area contributed by atoms with Gasteiger partial charge in [-0.3, -0.25) is 4.79 Å². The lowest BCUT2D eigenvalue weighted by Crippen LogP contribution is -2.23. The molecule has 0 aromatic heterocycles. The third-order valence-corrected chi connectivity index (χ3v) is 5.96. The first-order valence-corrected chi connectivity index (χ1v) is 10.5. The molecule has 156 valence electrons. The van der Waals surface area contributed by atoms with Crippen molar-refractivity contribution in [3.63, 3.8) is 0 Å². The first-order chi connectivity index (χ1) is 14.2. The molecule has 7 heteroatoms. The SMILES string of the molecule is COc1cc(CNC(=O)c2ccccc2SCC2CCCO2)cc(OC)c1OC. The molecule has 1 N–H and O–H groups in total. The predicted octanol–water partition coefficient (Wildman–Crippen LogP) is 3.91. The van der Waals surface area contributed by atoms with Gasteiger partial charge in [-0.2, -0.15) is 0 Å². The molecule has 1 amide bonds. The molecule has 0 aliphatic carbocycles. The highest BCUT2D eigenvalue weighted by molar-refractivity contribution is 7.99. The standard InChI is InChI=1S/C22H27NO5S/c1-25-18-11-15(12-19(26-2)21(18)27-3)13-23-22(24)17-8-4-5-9-20(17)29-14-16-7-6-10-28-16/h4-5,8-9,11-12,16H,6-7,10,13-14H2,1-3H3,(H,23,24). The summed E-state index contributed by atoms with van der Waals surface area (Å²) in [5.74, 6) is 2.39. The van der Waals surface area contributed by atoms with Crippen molar-refractivity contribution >= 4 is 17.7 Å². The fourth-order valence-corrected chi connectivity index (χ4v) is 4.37. The summed E-state index contributed by atoms with van der Waals surface area (Å²) in [6.07, 6.45) is 2.47. The molecule has 1 fully saturated rings. The van der Waals surface area contributed by atoms with E-state index in [1.54, 1.807) is 33.1 Å². The van der Waals surface area contributed by atoms with Crippen molar-refractivity contribution < 1.29 is 23.7 Å². The molecule has 29 heavy (non-hydrogen) atoms. The third-order valence-electron chi connectivity index (χ3n) is 4.76. The van der Waals surface area contributed by atoms with E-state index in [1.165, 1.54) is 0 Å². The van der Waals surface area contributed by atoms with E-state index in [9.17, 15) is 4.79 Å². The summed E-state index contributed by atoms with van der Waals surface area (Å²) in [5, 5.41) is 2.99. The monoisotopic (exact) mass is 417 g/mol. The maximum Gasteiger partial charge on any atom is 0.252 e. The molecule has 0 radical (unpaired) electrons. The fourth-order valence-electron chi connectivity index (χ4n) is 3.25. The fraction of sp³-hybridized carbons (Fsp3) is 0.409. The first-order valence-electron chi connectivity index (χ1n) is 9.56. The van der Waals surface area contributed by atoms with Gasteiger partial charge in [-0.25, -0.2) is 0 Å². The molecule has 3 rings (SSSR count). The van der Waals surface area contributed by atoms with Crippen molar-refractivity contribution in [2.75, 3.05) is 33.7 Å². The number of benzene rings is 2. The van der Waals surface area contributed by atoms with Crippen LogP contribution >= 0.6 is 11.8 Å². The maximum absolute atomic E-state index is 12.8. The van der Waals surface area contributed by atoms with E-state index in [0.29, 0.717) is 29.4 Å². The van der Waals surface area contributed by atoms with Crippen LogP contribution in [0, 0.1) is 0 Å². The van der Waals surface area contributed by atoms with Gasteiger partial charge < -0.3 is 24.3 Å². The Bertz CT molecular complexity index is 811. The van der Waals surface area contributed by atoms with Gasteiger partial charge in [0.1, 0.15) is 0 Å². The van der Waals surface area contributed by atoms with Crippen LogP contribution in [0.4, 0.5) is 0 Å². The summed E-state index contributed by atoms with van der Waals surface area (Å²) < 4.78 is 21.8. The number of rotatable bonds is 9. The van der Waals surface area contributed by atoms with Crippen LogP contribution in [0.3, 0.4) is 0 Å². The van der Waals surface area contributed by atoms with E-state index in [2.05, 4.69) is 5.32 Å². The topological polar surface area (TPSA) is 66.0 Å². The largest absolute Gasteiger partial charge is 0.493 e. The second kappa shape index (κ2) is 10.4. The zero-order valence-corrected chi connectivity index (χ0v) is 17.8. The highest BCUT2D eigenvalue weighted by Gasteiger charge is 2.18. The lowest BCUT2D eigenvalue weighted by Gasteiger charge is -2.15. The van der Waals surface area contributed by atoms with Crippen molar-refractivity contribution in [2.24, 2.45) is 0 Å². The minimum atomic E-state index is -0.116. The zero-order chi connectivity index (χ0) is 20.6. The third kappa shape index (κ3) is 5.36. The average molecular weight is 418 g/mol. The Kier molecular flexibility index (Phi) is 7.66. The normalized spacial score (nSPS) is 15.8. The van der Waals surface area contributed by atoms with Crippen molar-refractivity contribution in [2.45, 2.75) is 30.4 Å². The summed E-state index contributed by atoms with van der Waals surface area (Å²) in [5.41, 5.74) is 1.53. The van der Waals surface area contributed by atoms with E-state index in [0.717, 1.165) is 35.7 Å². The van der Waals surface area contributed by atoms with E-state index < -0.39 is 0 Å². The summed E-state index contributed by atoms with van der Waals surface area (Å²) in [6, 6.07) is 11.3. The van der Waals surface area contributed by atoms with Gasteiger partial charge in [0.25, 0.3) is 5.91 Å². The highest BCUT2D eigenvalue weighted by Crippen LogP contribution is 2.38. The van der Waals surface area contributed by atoms with Gasteiger partial charge in [0.2, 0.25) is 5.75 Å². The van der Waals surface area contributed by atoms with E-state index in [-0.39, 0.29) is 12.0 Å². The number of ether oxygens (including phenoxy) is 4. The van der Waals surface area contributed by atoms with Crippen LogP contribution in [-0.4, -0.2) is 45.7 Å². The Morgan fingerprint density at radius 1 is 1.14 bits per heavy atom. The number of methoxy groups -OCH3 is 3. The van der Waals surface area contributed by atoms with Crippen LogP contribution in [0.5, 0.6) is 17.2 Å². The number of hydrogen-bond acceptors (Lipinski definition) is 6. The smallest absolute Gasteiger partial charge is 0.252 e. The lowest BCUT2D eigenvalue weighted by molar-refractivity contribution is 0.0947. The molecule has 1 aliphatic rings. The maximum atomic E-state index is 12.8. The minimum Gasteiger partial charge on any atom is -0.493 e. The lowest BCUT2D eigenvalue weighted by atomic mass is 10.1. The molecule has 1 saturated heterocycles. The number of carbonyl (C=O) groups is 1. The summed E-state index contributed by atoms with van der Waals surface area (Å²) in [7, 11) is 4.70. The van der Waals surface area contributed by atoms with Crippen LogP contribution in [0.2, 0.25) is 0 Å². The molecule has 0 bridgehead atoms. The Morgan fingerprint density at radius 3 is 2.48 bits per heavy atom. The number of amides is 1. The van der Waals surface area contributed by atoms with Gasteiger partial charge >= 0.3 is 0 Å². The molecule has 1 heterocycles. The van der Waals surface area contributed by atoms with Crippen molar-refractivity contribution in [1.82, 2.24) is 5.32 Å². The molecular formula is C22H27NO5S. The van der Waals surface area contributed by atoms with Crippen molar-refractivity contribution in [3.8, 4) is 17.2 Å². The van der Waals surface area contributed by atoms with E-state index >= 15 is 0 Å². The molecule has 1 unspecified atom stereocenters. The molecule has 0 saturated carbocycles. The predicted molar refractivity (Wildman–Crippen MR) is 113 cm³/mol. The van der Waals surface area contributed by atoms with Gasteiger partial charge in [0.15, 0.2) is 11.5 Å². The van der Waals surface area contributed by atoms with Gasteiger partial charge in [0, 0.05) is 23.8 Å². The van der Waals surface area contributed by atoms with Crippen molar-refractivity contribution in [3.05, 3.63) is 47.5 Å². The van der Waals surface area contributed by atoms with Gasteiger partial charge in [-0.1, -0.05) is 12.1 Å².